The molecule has 1 atom stereocenters. The van der Waals surface area contributed by atoms with E-state index in [0.29, 0.717) is 13.0 Å². The highest BCUT2D eigenvalue weighted by Crippen LogP contribution is 2.36. The zero-order valence-electron chi connectivity index (χ0n) is 16.0. The number of ether oxygens (including phenoxy) is 2. The van der Waals surface area contributed by atoms with E-state index in [1.807, 2.05) is 44.2 Å². The van der Waals surface area contributed by atoms with Crippen LogP contribution in [0.15, 0.2) is 46.9 Å². The van der Waals surface area contributed by atoms with E-state index in [4.69, 9.17) is 21.1 Å². The fourth-order valence-electron chi connectivity index (χ4n) is 3.54. The van der Waals surface area contributed by atoms with Gasteiger partial charge in [0.1, 0.15) is 11.7 Å². The first-order chi connectivity index (χ1) is 12.6. The van der Waals surface area contributed by atoms with Gasteiger partial charge in [-0.05, 0) is 75.1 Å². The van der Waals surface area contributed by atoms with Crippen molar-refractivity contribution >= 4 is 33.3 Å². The van der Waals surface area contributed by atoms with Gasteiger partial charge in [0.05, 0.1) is 12.2 Å². The van der Waals surface area contributed by atoms with Crippen molar-refractivity contribution in [3.05, 3.63) is 57.5 Å². The third-order valence-electron chi connectivity index (χ3n) is 4.86. The highest BCUT2D eigenvalue weighted by molar-refractivity contribution is 9.10. The molecule has 1 aliphatic heterocycles. The topological polar surface area (TPSA) is 35.5 Å². The van der Waals surface area contributed by atoms with E-state index in [1.165, 1.54) is 0 Å². The summed E-state index contributed by atoms with van der Waals surface area (Å²) in [5.41, 5.74) is 1.93. The van der Waals surface area contributed by atoms with Gasteiger partial charge in [-0.1, -0.05) is 45.7 Å². The maximum atomic E-state index is 12.5. The van der Waals surface area contributed by atoms with Gasteiger partial charge in [-0.2, -0.15) is 0 Å². The molecule has 1 fully saturated rings. The molecule has 3 rings (SSSR count). The minimum Gasteiger partial charge on any atom is -0.367 e. The van der Waals surface area contributed by atoms with Crippen LogP contribution in [0.2, 0.25) is 5.02 Å². The Hall–Kier alpha value is -1.20. The lowest BCUT2D eigenvalue weighted by molar-refractivity contribution is -0.134. The molecule has 1 unspecified atom stereocenters. The zero-order valence-corrected chi connectivity index (χ0v) is 18.4. The van der Waals surface area contributed by atoms with Gasteiger partial charge in [-0.25, -0.2) is 0 Å². The highest BCUT2D eigenvalue weighted by atomic mass is 79.9. The van der Waals surface area contributed by atoms with Crippen LogP contribution >= 0.6 is 27.5 Å². The minimum absolute atomic E-state index is 0.00137. The molecule has 0 N–H and O–H groups in total. The SMILES string of the molecule is CC1(C)OC(C)(C)C(OCCc2cc(-c3ccc(Cl)cc3)ccc2Br)C1=O. The third-order valence-corrected chi connectivity index (χ3v) is 5.89. The fourth-order valence-corrected chi connectivity index (χ4v) is 4.12. The molecule has 0 aromatic heterocycles. The number of Topliss-reactive ketones (excluding diaryl/α,β-unsaturated/α-hetero) is 1. The summed E-state index contributed by atoms with van der Waals surface area (Å²) < 4.78 is 12.9. The summed E-state index contributed by atoms with van der Waals surface area (Å²) in [4.78, 5) is 12.5. The van der Waals surface area contributed by atoms with Crippen molar-refractivity contribution in [1.29, 1.82) is 0 Å². The van der Waals surface area contributed by atoms with Crippen molar-refractivity contribution in [2.75, 3.05) is 6.61 Å². The Labute approximate surface area is 174 Å². The van der Waals surface area contributed by atoms with Crippen molar-refractivity contribution in [3.63, 3.8) is 0 Å². The average molecular weight is 452 g/mol. The van der Waals surface area contributed by atoms with Crippen LogP contribution in [0.3, 0.4) is 0 Å². The molecule has 5 heteroatoms. The quantitative estimate of drug-likeness (QED) is 0.571. The standard InChI is InChI=1S/C22H24BrClO3/c1-21(2)19(25)20(22(3,4)27-21)26-12-11-16-13-15(7-10-18(16)23)14-5-8-17(24)9-6-14/h5-10,13,20H,11-12H2,1-4H3. The van der Waals surface area contributed by atoms with Gasteiger partial charge in [0.2, 0.25) is 0 Å². The van der Waals surface area contributed by atoms with E-state index in [0.717, 1.165) is 26.2 Å². The molecular weight excluding hydrogens is 428 g/mol. The number of rotatable bonds is 5. The molecule has 3 nitrogen and oxygen atoms in total. The van der Waals surface area contributed by atoms with Crippen molar-refractivity contribution < 1.29 is 14.3 Å². The maximum absolute atomic E-state index is 12.5. The summed E-state index contributed by atoms with van der Waals surface area (Å²) in [7, 11) is 0. The molecular formula is C22H24BrClO3. The number of benzene rings is 2. The summed E-state index contributed by atoms with van der Waals surface area (Å²) in [6.45, 7) is 7.85. The summed E-state index contributed by atoms with van der Waals surface area (Å²) in [6, 6.07) is 14.0. The second-order valence-corrected chi connectivity index (χ2v) is 9.18. The lowest BCUT2D eigenvalue weighted by Gasteiger charge is -2.25. The third kappa shape index (κ3) is 4.45. The summed E-state index contributed by atoms with van der Waals surface area (Å²) >= 11 is 9.59. The lowest BCUT2D eigenvalue weighted by Crippen LogP contribution is -2.39. The monoisotopic (exact) mass is 450 g/mol. The molecule has 0 saturated carbocycles. The van der Waals surface area contributed by atoms with Crippen molar-refractivity contribution in [2.24, 2.45) is 0 Å². The smallest absolute Gasteiger partial charge is 0.195 e. The minimum atomic E-state index is -0.802. The molecule has 144 valence electrons. The van der Waals surface area contributed by atoms with E-state index >= 15 is 0 Å². The first-order valence-electron chi connectivity index (χ1n) is 9.01. The molecule has 0 radical (unpaired) electrons. The van der Waals surface area contributed by atoms with Gasteiger partial charge in [-0.3, -0.25) is 4.79 Å². The van der Waals surface area contributed by atoms with Crippen LogP contribution in [-0.4, -0.2) is 29.7 Å². The van der Waals surface area contributed by atoms with Crippen molar-refractivity contribution in [2.45, 2.75) is 51.4 Å². The Kier molecular flexibility index (Phi) is 5.83. The first-order valence-corrected chi connectivity index (χ1v) is 10.2. The zero-order chi connectivity index (χ0) is 19.8. The molecule has 0 aliphatic carbocycles. The van der Waals surface area contributed by atoms with Gasteiger partial charge in [0.15, 0.2) is 5.78 Å². The molecule has 0 bridgehead atoms. The Morgan fingerprint density at radius 2 is 1.70 bits per heavy atom. The van der Waals surface area contributed by atoms with Gasteiger partial charge in [0.25, 0.3) is 0 Å². The van der Waals surface area contributed by atoms with Gasteiger partial charge >= 0.3 is 0 Å². The number of hydrogen-bond donors (Lipinski definition) is 0. The normalized spacial score (nSPS) is 20.8. The van der Waals surface area contributed by atoms with Crippen LogP contribution in [-0.2, 0) is 20.7 Å². The Bertz CT molecular complexity index is 843. The molecule has 0 amide bonds. The summed E-state index contributed by atoms with van der Waals surface area (Å²) in [6.07, 6.45) is 0.146. The van der Waals surface area contributed by atoms with E-state index in [1.54, 1.807) is 13.8 Å². The van der Waals surface area contributed by atoms with Gasteiger partial charge in [-0.15, -0.1) is 0 Å². The van der Waals surface area contributed by atoms with Crippen LogP contribution in [0.1, 0.15) is 33.3 Å². The maximum Gasteiger partial charge on any atom is 0.195 e. The molecule has 1 aliphatic rings. The number of halogens is 2. The predicted molar refractivity (Wildman–Crippen MR) is 112 cm³/mol. The van der Waals surface area contributed by atoms with E-state index in [-0.39, 0.29) is 5.78 Å². The second kappa shape index (κ2) is 7.67. The summed E-state index contributed by atoms with van der Waals surface area (Å²) in [5.74, 6) is 0.00137. The van der Waals surface area contributed by atoms with Crippen LogP contribution < -0.4 is 0 Å². The number of carbonyl (C=O) groups excluding carboxylic acids is 1. The first kappa shape index (κ1) is 20.5. The Balaban J connectivity index is 1.70. The van der Waals surface area contributed by atoms with Crippen LogP contribution in [0, 0.1) is 0 Å². The van der Waals surface area contributed by atoms with Crippen LogP contribution in [0.4, 0.5) is 0 Å². The second-order valence-electron chi connectivity index (χ2n) is 7.89. The van der Waals surface area contributed by atoms with Crippen LogP contribution in [0.25, 0.3) is 11.1 Å². The van der Waals surface area contributed by atoms with E-state index < -0.39 is 17.3 Å². The number of ketones is 1. The van der Waals surface area contributed by atoms with E-state index in [9.17, 15) is 4.79 Å². The summed E-state index contributed by atoms with van der Waals surface area (Å²) in [5, 5.41) is 0.721. The molecule has 0 spiro atoms. The lowest BCUT2D eigenvalue weighted by atomic mass is 9.95. The van der Waals surface area contributed by atoms with E-state index in [2.05, 4.69) is 28.1 Å². The largest absolute Gasteiger partial charge is 0.367 e. The Morgan fingerprint density at radius 3 is 2.30 bits per heavy atom. The molecule has 27 heavy (non-hydrogen) atoms. The van der Waals surface area contributed by atoms with Gasteiger partial charge < -0.3 is 9.47 Å². The highest BCUT2D eigenvalue weighted by Gasteiger charge is 2.54. The molecule has 1 saturated heterocycles. The molecule has 2 aromatic rings. The molecule has 1 heterocycles. The van der Waals surface area contributed by atoms with Crippen molar-refractivity contribution in [1.82, 2.24) is 0 Å². The van der Waals surface area contributed by atoms with Gasteiger partial charge in [0, 0.05) is 9.50 Å². The average Bonchev–Trinajstić information content (AvgIpc) is 2.74. The van der Waals surface area contributed by atoms with Crippen molar-refractivity contribution in [3.8, 4) is 11.1 Å². The predicted octanol–water partition coefficient (Wildman–Crippen LogP) is 5.85. The number of hydrogen-bond acceptors (Lipinski definition) is 3. The Morgan fingerprint density at radius 1 is 1.07 bits per heavy atom. The number of carbonyl (C=O) groups is 1. The van der Waals surface area contributed by atoms with Crippen LogP contribution in [0.5, 0.6) is 0 Å². The fraction of sp³-hybridized carbons (Fsp3) is 0.409. The molecule has 2 aromatic carbocycles.